The third-order valence-electron chi connectivity index (χ3n) is 9.63. The molecular formula is C29H34N2O5. The van der Waals surface area contributed by atoms with E-state index in [1.807, 2.05) is 37.3 Å². The maximum Gasteiger partial charge on any atom is 0.252 e. The molecule has 1 amide bonds. The number of ether oxygens (including phenoxy) is 1. The summed E-state index contributed by atoms with van der Waals surface area (Å²) in [6, 6.07) is 11.0. The number of aliphatic hydroxyl groups is 1. The lowest BCUT2D eigenvalue weighted by Gasteiger charge is -2.64. The van der Waals surface area contributed by atoms with Gasteiger partial charge in [-0.2, -0.15) is 5.06 Å². The van der Waals surface area contributed by atoms with Crippen LogP contribution in [-0.4, -0.2) is 63.0 Å². The molecule has 190 valence electrons. The van der Waals surface area contributed by atoms with Crippen molar-refractivity contribution in [2.45, 2.75) is 81.6 Å². The van der Waals surface area contributed by atoms with Crippen LogP contribution in [0.25, 0.3) is 0 Å². The first kappa shape index (κ1) is 22.4. The highest BCUT2D eigenvalue weighted by atomic mass is 16.7. The van der Waals surface area contributed by atoms with Gasteiger partial charge in [-0.15, -0.1) is 0 Å². The molecule has 2 aliphatic heterocycles. The molecule has 0 aromatic heterocycles. The minimum absolute atomic E-state index is 0.00459. The highest BCUT2D eigenvalue weighted by Crippen LogP contribution is 2.66. The van der Waals surface area contributed by atoms with E-state index in [9.17, 15) is 15.0 Å². The number of hydrogen-bond donors (Lipinski definition) is 2. The van der Waals surface area contributed by atoms with Gasteiger partial charge < -0.3 is 19.8 Å². The van der Waals surface area contributed by atoms with Gasteiger partial charge in [0, 0.05) is 25.1 Å². The topological polar surface area (TPSA) is 82.5 Å². The summed E-state index contributed by atoms with van der Waals surface area (Å²) in [4.78, 5) is 21.8. The highest BCUT2D eigenvalue weighted by molar-refractivity contribution is 5.73. The van der Waals surface area contributed by atoms with Crippen molar-refractivity contribution in [3.8, 4) is 17.2 Å². The molecule has 2 heterocycles. The molecule has 3 aliphatic carbocycles. The van der Waals surface area contributed by atoms with E-state index in [-0.39, 0.29) is 17.7 Å². The number of aryl methyl sites for hydroxylation is 1. The molecule has 36 heavy (non-hydrogen) atoms. The molecule has 2 aromatic carbocycles. The molecular weight excluding hydrogens is 456 g/mol. The SMILES string of the molecule is CC(=O)N(Oc1ccccc1C)[C@H]1CC[C@@]2(O)[C@H]3Cc4ccc(O)c5c4[C@@]2(CCN3CC2CC2)[C@H]1O5. The number of aromatic hydroxyl groups is 1. The summed E-state index contributed by atoms with van der Waals surface area (Å²) < 4.78 is 6.61. The van der Waals surface area contributed by atoms with Crippen LogP contribution in [0.3, 0.4) is 0 Å². The molecule has 7 nitrogen and oxygen atoms in total. The van der Waals surface area contributed by atoms with Crippen LogP contribution in [0.15, 0.2) is 36.4 Å². The van der Waals surface area contributed by atoms with Crippen LogP contribution in [0.4, 0.5) is 0 Å². The Morgan fingerprint density at radius 1 is 1.19 bits per heavy atom. The van der Waals surface area contributed by atoms with Gasteiger partial charge in [-0.05, 0) is 81.2 Å². The van der Waals surface area contributed by atoms with Crippen LogP contribution in [0, 0.1) is 12.8 Å². The second kappa shape index (κ2) is 7.62. The van der Waals surface area contributed by atoms with E-state index in [0.717, 1.165) is 48.5 Å². The fourth-order valence-electron chi connectivity index (χ4n) is 7.83. The van der Waals surface area contributed by atoms with Crippen molar-refractivity contribution in [1.82, 2.24) is 9.96 Å². The van der Waals surface area contributed by atoms with E-state index in [1.54, 1.807) is 6.07 Å². The summed E-state index contributed by atoms with van der Waals surface area (Å²) in [5.41, 5.74) is 1.37. The van der Waals surface area contributed by atoms with Crippen LogP contribution in [0.1, 0.15) is 55.7 Å². The molecule has 2 N–H and O–H groups in total. The number of rotatable bonds is 5. The zero-order valence-electron chi connectivity index (χ0n) is 20.9. The van der Waals surface area contributed by atoms with E-state index in [4.69, 9.17) is 9.57 Å². The largest absolute Gasteiger partial charge is 0.504 e. The summed E-state index contributed by atoms with van der Waals surface area (Å²) >= 11 is 0. The minimum Gasteiger partial charge on any atom is -0.504 e. The fraction of sp³-hybridized carbons (Fsp3) is 0.552. The maximum atomic E-state index is 13.0. The normalized spacial score (nSPS) is 34.0. The van der Waals surface area contributed by atoms with Crippen molar-refractivity contribution in [3.05, 3.63) is 53.1 Å². The smallest absolute Gasteiger partial charge is 0.252 e. The standard InChI is InChI=1S/C29H34N2O5/c1-17-5-3-4-6-23(17)36-31(18(2)32)21-11-12-29(34)24-15-20-9-10-22(33)26-25(20)28(29,27(21)35-26)13-14-30(24)16-19-7-8-19/h3-6,9-10,19,21,24,27,33-34H,7-8,11-16H2,1-2H3/t21-,24+,27-,28-,29+/m0/s1. The lowest BCUT2D eigenvalue weighted by Crippen LogP contribution is -2.78. The highest BCUT2D eigenvalue weighted by Gasteiger charge is 2.74. The molecule has 3 fully saturated rings. The van der Waals surface area contributed by atoms with E-state index in [2.05, 4.69) is 4.90 Å². The zero-order chi connectivity index (χ0) is 24.8. The Morgan fingerprint density at radius 2 is 2.00 bits per heavy atom. The third kappa shape index (κ3) is 2.90. The van der Waals surface area contributed by atoms with Crippen molar-refractivity contribution in [2.24, 2.45) is 5.92 Å². The van der Waals surface area contributed by atoms with Crippen molar-refractivity contribution >= 4 is 5.91 Å². The zero-order valence-corrected chi connectivity index (χ0v) is 20.9. The van der Waals surface area contributed by atoms with Gasteiger partial charge >= 0.3 is 0 Å². The van der Waals surface area contributed by atoms with Gasteiger partial charge in [-0.3, -0.25) is 9.69 Å². The third-order valence-corrected chi connectivity index (χ3v) is 9.63. The number of nitrogens with zero attached hydrogens (tertiary/aromatic N) is 2. The van der Waals surface area contributed by atoms with Crippen molar-refractivity contribution in [3.63, 3.8) is 0 Å². The van der Waals surface area contributed by atoms with Crippen molar-refractivity contribution in [2.75, 3.05) is 13.1 Å². The van der Waals surface area contributed by atoms with Gasteiger partial charge in [0.15, 0.2) is 17.2 Å². The molecule has 5 atom stereocenters. The Hall–Kier alpha value is -2.77. The molecule has 0 unspecified atom stereocenters. The predicted molar refractivity (Wildman–Crippen MR) is 133 cm³/mol. The average Bonchev–Trinajstić information content (AvgIpc) is 3.59. The Bertz CT molecular complexity index is 1240. The van der Waals surface area contributed by atoms with Crippen molar-refractivity contribution in [1.29, 1.82) is 0 Å². The summed E-state index contributed by atoms with van der Waals surface area (Å²) in [6.45, 7) is 5.39. The van der Waals surface area contributed by atoms with Crippen LogP contribution in [0.5, 0.6) is 17.2 Å². The monoisotopic (exact) mass is 490 g/mol. The van der Waals surface area contributed by atoms with E-state index in [0.29, 0.717) is 24.3 Å². The molecule has 1 spiro atoms. The molecule has 2 saturated carbocycles. The molecule has 7 rings (SSSR count). The van der Waals surface area contributed by atoms with Crippen LogP contribution in [0.2, 0.25) is 0 Å². The first-order valence-corrected chi connectivity index (χ1v) is 13.4. The first-order chi connectivity index (χ1) is 17.3. The van der Waals surface area contributed by atoms with E-state index in [1.165, 1.54) is 24.8 Å². The number of phenols is 1. The molecule has 2 bridgehead atoms. The van der Waals surface area contributed by atoms with Crippen LogP contribution < -0.4 is 9.57 Å². The predicted octanol–water partition coefficient (Wildman–Crippen LogP) is 3.48. The number of amides is 1. The number of hydroxylamine groups is 2. The van der Waals surface area contributed by atoms with Crippen LogP contribution >= 0.6 is 0 Å². The number of benzene rings is 2. The van der Waals surface area contributed by atoms with Crippen molar-refractivity contribution < 1.29 is 24.6 Å². The maximum absolute atomic E-state index is 13.0. The molecule has 1 saturated heterocycles. The Balaban J connectivity index is 1.33. The summed E-state index contributed by atoms with van der Waals surface area (Å²) in [6.07, 6.45) is 4.65. The molecule has 2 aromatic rings. The first-order valence-electron chi connectivity index (χ1n) is 13.4. The van der Waals surface area contributed by atoms with Gasteiger partial charge in [0.25, 0.3) is 5.91 Å². The summed E-state index contributed by atoms with van der Waals surface area (Å²) in [7, 11) is 0. The van der Waals surface area contributed by atoms with E-state index < -0.39 is 23.2 Å². The number of carbonyl (C=O) groups excluding carboxylic acids is 1. The van der Waals surface area contributed by atoms with Gasteiger partial charge in [-0.25, -0.2) is 0 Å². The fourth-order valence-corrected chi connectivity index (χ4v) is 7.83. The lowest BCUT2D eigenvalue weighted by atomic mass is 9.48. The quantitative estimate of drug-likeness (QED) is 0.625. The second-order valence-corrected chi connectivity index (χ2v) is 11.6. The number of hydrogen-bond acceptors (Lipinski definition) is 6. The second-order valence-electron chi connectivity index (χ2n) is 11.6. The van der Waals surface area contributed by atoms with Gasteiger partial charge in [0.2, 0.25) is 0 Å². The van der Waals surface area contributed by atoms with Crippen LogP contribution in [-0.2, 0) is 16.6 Å². The Labute approximate surface area is 211 Å². The molecule has 0 radical (unpaired) electrons. The average molecular weight is 491 g/mol. The number of piperidine rings is 1. The number of likely N-dealkylation sites (tertiary alicyclic amines) is 1. The summed E-state index contributed by atoms with van der Waals surface area (Å²) in [5, 5.41) is 24.9. The molecule has 7 heteroatoms. The Kier molecular flexibility index (Phi) is 4.75. The molecule has 5 aliphatic rings. The summed E-state index contributed by atoms with van der Waals surface area (Å²) in [5.74, 6) is 1.75. The number of para-hydroxylation sites is 1. The van der Waals surface area contributed by atoms with Gasteiger partial charge in [0.05, 0.1) is 11.0 Å². The minimum atomic E-state index is -0.988. The van der Waals surface area contributed by atoms with Gasteiger partial charge in [-0.1, -0.05) is 24.3 Å². The van der Waals surface area contributed by atoms with E-state index >= 15 is 0 Å². The number of phenolic OH excluding ortho intramolecular Hbond substituents is 1. The Morgan fingerprint density at radius 3 is 2.75 bits per heavy atom. The number of carbonyl (C=O) groups is 1. The van der Waals surface area contributed by atoms with Gasteiger partial charge in [0.1, 0.15) is 12.1 Å². The lowest BCUT2D eigenvalue weighted by molar-refractivity contribution is -0.225.